The molecule has 23 heavy (non-hydrogen) atoms. The molecule has 0 unspecified atom stereocenters. The highest BCUT2D eigenvalue weighted by Crippen LogP contribution is 2.10. The number of nitrogens with zero attached hydrogens (tertiary/aromatic N) is 2. The van der Waals surface area contributed by atoms with E-state index in [9.17, 15) is 0 Å². The second-order valence-electron chi connectivity index (χ2n) is 5.56. The molecule has 1 rings (SSSR count). The van der Waals surface area contributed by atoms with Gasteiger partial charge in [0.1, 0.15) is 0 Å². The van der Waals surface area contributed by atoms with Crippen molar-refractivity contribution in [2.75, 3.05) is 39.7 Å². The van der Waals surface area contributed by atoms with Crippen LogP contribution in [0.3, 0.4) is 0 Å². The average molecular weight is 450 g/mol. The number of halogens is 1. The molecule has 2 N–H and O–H groups in total. The average Bonchev–Trinajstić information content (AvgIpc) is 2.51. The number of aliphatic imine (C=N–C) groups is 1. The molecule has 0 amide bonds. The molecule has 0 aliphatic rings. The molecule has 0 heterocycles. The zero-order chi connectivity index (χ0) is 16.2. The molecule has 0 aliphatic carbocycles. The molecule has 0 radical (unpaired) electrons. The van der Waals surface area contributed by atoms with Crippen molar-refractivity contribution in [3.05, 3.63) is 35.4 Å². The van der Waals surface area contributed by atoms with Crippen molar-refractivity contribution in [3.63, 3.8) is 0 Å². The van der Waals surface area contributed by atoms with Crippen molar-refractivity contribution in [2.45, 2.75) is 25.9 Å². The van der Waals surface area contributed by atoms with Crippen LogP contribution >= 0.6 is 35.7 Å². The van der Waals surface area contributed by atoms with Crippen LogP contribution in [0.1, 0.15) is 24.0 Å². The Kier molecular flexibility index (Phi) is 13.6. The molecule has 6 heteroatoms. The highest BCUT2D eigenvalue weighted by molar-refractivity contribution is 14.0. The van der Waals surface area contributed by atoms with Gasteiger partial charge in [0.15, 0.2) is 5.96 Å². The third-order valence-electron chi connectivity index (χ3n) is 3.34. The Morgan fingerprint density at radius 2 is 1.83 bits per heavy atom. The fourth-order valence-corrected chi connectivity index (χ4v) is 2.70. The molecule has 0 spiro atoms. The molecule has 0 fully saturated rings. The normalized spacial score (nSPS) is 11.3. The van der Waals surface area contributed by atoms with Crippen molar-refractivity contribution < 1.29 is 0 Å². The third-order valence-corrected chi connectivity index (χ3v) is 4.04. The van der Waals surface area contributed by atoms with Gasteiger partial charge in [-0.3, -0.25) is 4.99 Å². The Bertz CT molecular complexity index is 452. The van der Waals surface area contributed by atoms with Crippen LogP contribution in [0.2, 0.25) is 0 Å². The molecule has 1 aromatic carbocycles. The van der Waals surface area contributed by atoms with Crippen LogP contribution in [-0.2, 0) is 13.1 Å². The monoisotopic (exact) mass is 450 g/mol. The third kappa shape index (κ3) is 10.1. The maximum absolute atomic E-state index is 4.29. The number of unbranched alkanes of at least 4 members (excludes halogenated alkanes) is 1. The summed E-state index contributed by atoms with van der Waals surface area (Å²) in [6.07, 6.45) is 4.58. The maximum atomic E-state index is 4.29. The minimum Gasteiger partial charge on any atom is -0.356 e. The molecule has 1 aromatic rings. The SMILES string of the molecule is CN=C(NCCCCSC)NCc1ccccc1CN(C)C.I. The van der Waals surface area contributed by atoms with E-state index in [0.717, 1.165) is 25.6 Å². The Balaban J connectivity index is 0.00000484. The van der Waals surface area contributed by atoms with Gasteiger partial charge in [-0.1, -0.05) is 24.3 Å². The van der Waals surface area contributed by atoms with Crippen LogP contribution < -0.4 is 10.6 Å². The molecule has 0 aliphatic heterocycles. The van der Waals surface area contributed by atoms with Gasteiger partial charge in [-0.25, -0.2) is 0 Å². The van der Waals surface area contributed by atoms with E-state index in [1.807, 2.05) is 18.8 Å². The summed E-state index contributed by atoms with van der Waals surface area (Å²) in [6, 6.07) is 8.56. The number of benzene rings is 1. The van der Waals surface area contributed by atoms with Gasteiger partial charge in [-0.15, -0.1) is 24.0 Å². The highest BCUT2D eigenvalue weighted by atomic mass is 127. The first kappa shape index (κ1) is 22.5. The fourth-order valence-electron chi connectivity index (χ4n) is 2.20. The van der Waals surface area contributed by atoms with Gasteiger partial charge in [0, 0.05) is 26.7 Å². The summed E-state index contributed by atoms with van der Waals surface area (Å²) in [6.45, 7) is 2.73. The Labute approximate surface area is 162 Å². The lowest BCUT2D eigenvalue weighted by Crippen LogP contribution is -2.37. The van der Waals surface area contributed by atoms with Gasteiger partial charge in [-0.2, -0.15) is 11.8 Å². The smallest absolute Gasteiger partial charge is 0.191 e. The number of hydrogen-bond donors (Lipinski definition) is 2. The Hall–Kier alpha value is -0.470. The molecule has 132 valence electrons. The number of thioether (sulfide) groups is 1. The highest BCUT2D eigenvalue weighted by Gasteiger charge is 2.04. The summed E-state index contributed by atoms with van der Waals surface area (Å²) in [4.78, 5) is 6.48. The number of nitrogens with one attached hydrogen (secondary N) is 2. The van der Waals surface area contributed by atoms with Crippen molar-refractivity contribution in [2.24, 2.45) is 4.99 Å². The maximum Gasteiger partial charge on any atom is 0.191 e. The van der Waals surface area contributed by atoms with Gasteiger partial charge in [0.05, 0.1) is 0 Å². The van der Waals surface area contributed by atoms with E-state index in [1.54, 1.807) is 0 Å². The summed E-state index contributed by atoms with van der Waals surface area (Å²) in [5, 5.41) is 6.78. The predicted molar refractivity (Wildman–Crippen MR) is 115 cm³/mol. The molecule has 0 aromatic heterocycles. The van der Waals surface area contributed by atoms with Crippen LogP contribution in [0, 0.1) is 0 Å². The number of rotatable bonds is 9. The Morgan fingerprint density at radius 1 is 1.13 bits per heavy atom. The first-order valence-corrected chi connectivity index (χ1v) is 9.21. The van der Waals surface area contributed by atoms with Crippen LogP contribution in [0.4, 0.5) is 0 Å². The number of guanidine groups is 1. The van der Waals surface area contributed by atoms with Gasteiger partial charge < -0.3 is 15.5 Å². The lowest BCUT2D eigenvalue weighted by molar-refractivity contribution is 0.400. The van der Waals surface area contributed by atoms with Crippen LogP contribution in [0.5, 0.6) is 0 Å². The van der Waals surface area contributed by atoms with Crippen LogP contribution in [0.25, 0.3) is 0 Å². The Morgan fingerprint density at radius 3 is 2.43 bits per heavy atom. The van der Waals surface area contributed by atoms with E-state index >= 15 is 0 Å². The first-order valence-electron chi connectivity index (χ1n) is 7.82. The van der Waals surface area contributed by atoms with Crippen LogP contribution in [-0.4, -0.2) is 50.6 Å². The zero-order valence-corrected chi connectivity index (χ0v) is 17.9. The molecule has 0 saturated carbocycles. The molecule has 0 bridgehead atoms. The van der Waals surface area contributed by atoms with Crippen LogP contribution in [0.15, 0.2) is 29.3 Å². The second-order valence-corrected chi connectivity index (χ2v) is 6.54. The van der Waals surface area contributed by atoms with E-state index < -0.39 is 0 Å². The quantitative estimate of drug-likeness (QED) is 0.263. The topological polar surface area (TPSA) is 39.7 Å². The predicted octanol–water partition coefficient (Wildman–Crippen LogP) is 3.17. The molecular weight excluding hydrogens is 419 g/mol. The van der Waals surface area contributed by atoms with E-state index in [-0.39, 0.29) is 24.0 Å². The van der Waals surface area contributed by atoms with Crippen molar-refractivity contribution in [1.29, 1.82) is 0 Å². The van der Waals surface area contributed by atoms with Gasteiger partial charge in [0.25, 0.3) is 0 Å². The molecule has 4 nitrogen and oxygen atoms in total. The summed E-state index contributed by atoms with van der Waals surface area (Å²) in [7, 11) is 6.02. The van der Waals surface area contributed by atoms with Crippen molar-refractivity contribution in [3.8, 4) is 0 Å². The molecule has 0 saturated heterocycles. The summed E-state index contributed by atoms with van der Waals surface area (Å²) in [5.41, 5.74) is 2.68. The first-order chi connectivity index (χ1) is 10.7. The minimum atomic E-state index is 0. The fraction of sp³-hybridized carbons (Fsp3) is 0.588. The van der Waals surface area contributed by atoms with Gasteiger partial charge in [0.2, 0.25) is 0 Å². The zero-order valence-electron chi connectivity index (χ0n) is 14.8. The van der Waals surface area contributed by atoms with E-state index in [1.165, 1.54) is 29.7 Å². The van der Waals surface area contributed by atoms with Gasteiger partial charge in [-0.05, 0) is 50.1 Å². The largest absolute Gasteiger partial charge is 0.356 e. The standard InChI is InChI=1S/C17H30N4S.HI/c1-18-17(19-11-7-8-12-22-4)20-13-15-9-5-6-10-16(15)14-21(2)3;/h5-6,9-10H,7-8,11-14H2,1-4H3,(H2,18,19,20);1H. The molecular formula is C17H31IN4S. The minimum absolute atomic E-state index is 0. The lowest BCUT2D eigenvalue weighted by atomic mass is 10.1. The number of hydrogen-bond acceptors (Lipinski definition) is 3. The second kappa shape index (κ2) is 13.9. The summed E-state index contributed by atoms with van der Waals surface area (Å²) in [5.74, 6) is 2.11. The summed E-state index contributed by atoms with van der Waals surface area (Å²) >= 11 is 1.90. The van der Waals surface area contributed by atoms with Gasteiger partial charge >= 0.3 is 0 Å². The van der Waals surface area contributed by atoms with E-state index in [2.05, 4.69) is 65.1 Å². The van der Waals surface area contributed by atoms with E-state index in [0.29, 0.717) is 0 Å². The van der Waals surface area contributed by atoms with Crippen molar-refractivity contribution in [1.82, 2.24) is 15.5 Å². The van der Waals surface area contributed by atoms with E-state index in [4.69, 9.17) is 0 Å². The molecule has 0 atom stereocenters. The summed E-state index contributed by atoms with van der Waals surface area (Å²) < 4.78 is 0. The van der Waals surface area contributed by atoms with Crippen molar-refractivity contribution >= 4 is 41.7 Å². The lowest BCUT2D eigenvalue weighted by Gasteiger charge is -2.16.